The van der Waals surface area contributed by atoms with Crippen LogP contribution in [0.2, 0.25) is 0 Å². The Labute approximate surface area is 209 Å². The van der Waals surface area contributed by atoms with Gasteiger partial charge in [-0.2, -0.15) is 0 Å². The smallest absolute Gasteiger partial charge is 0.337 e. The zero-order chi connectivity index (χ0) is 25.1. The quantitative estimate of drug-likeness (QED) is 0.366. The molecule has 5 rings (SSSR count). The standard InChI is InChI=1S/C29H27N3O4/c1-3-36-24-15-13-20(14-16-24)27-26-12-7-17-31(26)25-11-5-4-8-22(25)19-32(27)29(34)30-23-10-6-9-21(18-23)28(33)35-2/h4-18,27H,3,19H2,1-2H3,(H,30,34)/t27-/m0/s1. The first-order chi connectivity index (χ1) is 17.6. The molecule has 2 heterocycles. The molecule has 0 bridgehead atoms. The van der Waals surface area contributed by atoms with Crippen molar-refractivity contribution < 1.29 is 19.1 Å². The number of benzene rings is 3. The number of amides is 2. The highest BCUT2D eigenvalue weighted by Crippen LogP contribution is 2.37. The van der Waals surface area contributed by atoms with E-state index in [1.54, 1.807) is 24.3 Å². The third-order valence-electron chi connectivity index (χ3n) is 6.27. The minimum Gasteiger partial charge on any atom is -0.494 e. The summed E-state index contributed by atoms with van der Waals surface area (Å²) in [5.74, 6) is 0.323. The molecule has 0 spiro atoms. The maximum absolute atomic E-state index is 13.8. The number of anilines is 1. The van der Waals surface area contributed by atoms with Crippen LogP contribution in [0.15, 0.2) is 91.1 Å². The first kappa shape index (κ1) is 23.2. The molecule has 1 aliphatic rings. The Morgan fingerprint density at radius 1 is 0.972 bits per heavy atom. The molecule has 0 fully saturated rings. The van der Waals surface area contributed by atoms with Crippen LogP contribution >= 0.6 is 0 Å². The second-order valence-corrected chi connectivity index (χ2v) is 8.47. The van der Waals surface area contributed by atoms with Crippen LogP contribution in [0.3, 0.4) is 0 Å². The maximum Gasteiger partial charge on any atom is 0.337 e. The van der Waals surface area contributed by atoms with E-state index in [0.29, 0.717) is 24.4 Å². The second-order valence-electron chi connectivity index (χ2n) is 8.47. The summed E-state index contributed by atoms with van der Waals surface area (Å²) in [7, 11) is 1.33. The minimum atomic E-state index is -0.458. The molecule has 0 saturated carbocycles. The second kappa shape index (κ2) is 10.00. The van der Waals surface area contributed by atoms with Crippen LogP contribution in [-0.2, 0) is 11.3 Å². The van der Waals surface area contributed by atoms with Gasteiger partial charge in [0, 0.05) is 17.6 Å². The van der Waals surface area contributed by atoms with Crippen molar-refractivity contribution in [2.24, 2.45) is 0 Å². The fourth-order valence-electron chi connectivity index (χ4n) is 4.64. The van der Waals surface area contributed by atoms with Gasteiger partial charge in [-0.15, -0.1) is 0 Å². The Kier molecular flexibility index (Phi) is 6.45. The Balaban J connectivity index is 1.56. The van der Waals surface area contributed by atoms with E-state index in [0.717, 1.165) is 28.3 Å². The summed E-state index contributed by atoms with van der Waals surface area (Å²) >= 11 is 0. The number of nitrogens with zero attached hydrogens (tertiary/aromatic N) is 2. The van der Waals surface area contributed by atoms with Gasteiger partial charge in [0.05, 0.1) is 37.6 Å². The Hall–Kier alpha value is -4.52. The normalized spacial score (nSPS) is 14.3. The number of rotatable bonds is 5. The lowest BCUT2D eigenvalue weighted by molar-refractivity contribution is 0.0600. The Bertz CT molecular complexity index is 1390. The van der Waals surface area contributed by atoms with Crippen LogP contribution in [0.25, 0.3) is 5.69 Å². The fourth-order valence-corrected chi connectivity index (χ4v) is 4.64. The molecule has 1 N–H and O–H groups in total. The van der Waals surface area contributed by atoms with E-state index in [4.69, 9.17) is 9.47 Å². The predicted octanol–water partition coefficient (Wildman–Crippen LogP) is 5.80. The lowest BCUT2D eigenvalue weighted by Crippen LogP contribution is -2.38. The monoisotopic (exact) mass is 481 g/mol. The zero-order valence-corrected chi connectivity index (χ0v) is 20.2. The molecular weight excluding hydrogens is 454 g/mol. The van der Waals surface area contributed by atoms with Gasteiger partial charge in [0.1, 0.15) is 5.75 Å². The number of aromatic nitrogens is 1. The van der Waals surface area contributed by atoms with Gasteiger partial charge in [-0.3, -0.25) is 0 Å². The number of nitrogens with one attached hydrogen (secondary N) is 1. The SMILES string of the molecule is CCOc1ccc([C@H]2c3cccn3-c3ccccc3CN2C(=O)Nc2cccc(C(=O)OC)c2)cc1. The van der Waals surface area contributed by atoms with Gasteiger partial charge in [0.25, 0.3) is 0 Å². The van der Waals surface area contributed by atoms with Crippen LogP contribution < -0.4 is 10.1 Å². The van der Waals surface area contributed by atoms with E-state index in [9.17, 15) is 9.59 Å². The number of urea groups is 1. The average molecular weight is 482 g/mol. The van der Waals surface area contributed by atoms with Gasteiger partial charge in [-0.25, -0.2) is 9.59 Å². The van der Waals surface area contributed by atoms with Crippen molar-refractivity contribution in [1.82, 2.24) is 9.47 Å². The number of hydrogen-bond acceptors (Lipinski definition) is 4. The van der Waals surface area contributed by atoms with Gasteiger partial charge < -0.3 is 24.3 Å². The molecule has 2 amide bonds. The highest BCUT2D eigenvalue weighted by Gasteiger charge is 2.33. The van der Waals surface area contributed by atoms with E-state index in [1.165, 1.54) is 7.11 Å². The van der Waals surface area contributed by atoms with Gasteiger partial charge >= 0.3 is 12.0 Å². The summed E-state index contributed by atoms with van der Waals surface area (Å²) in [6.45, 7) is 2.93. The van der Waals surface area contributed by atoms with Crippen LogP contribution in [0.1, 0.15) is 40.1 Å². The molecule has 7 nitrogen and oxygen atoms in total. The van der Waals surface area contributed by atoms with Crippen LogP contribution in [-0.4, -0.2) is 35.2 Å². The summed E-state index contributed by atoms with van der Waals surface area (Å²) in [6.07, 6.45) is 2.02. The predicted molar refractivity (Wildman–Crippen MR) is 138 cm³/mol. The minimum absolute atomic E-state index is 0.277. The molecule has 7 heteroatoms. The largest absolute Gasteiger partial charge is 0.494 e. The topological polar surface area (TPSA) is 72.8 Å². The van der Waals surface area contributed by atoms with Crippen molar-refractivity contribution in [2.75, 3.05) is 19.0 Å². The van der Waals surface area contributed by atoms with Gasteiger partial charge in [0.2, 0.25) is 0 Å². The first-order valence-corrected chi connectivity index (χ1v) is 11.8. The van der Waals surface area contributed by atoms with Crippen molar-refractivity contribution in [1.29, 1.82) is 0 Å². The number of esters is 1. The van der Waals surface area contributed by atoms with Crippen molar-refractivity contribution in [2.45, 2.75) is 19.5 Å². The summed E-state index contributed by atoms with van der Waals surface area (Å²) in [5.41, 5.74) is 4.89. The third kappa shape index (κ3) is 4.43. The average Bonchev–Trinajstić information content (AvgIpc) is 3.33. The van der Waals surface area contributed by atoms with E-state index in [2.05, 4.69) is 16.0 Å². The number of carbonyl (C=O) groups excluding carboxylic acids is 2. The van der Waals surface area contributed by atoms with Gasteiger partial charge in [0.15, 0.2) is 0 Å². The molecule has 0 unspecified atom stereocenters. The molecular formula is C29H27N3O4. The number of ether oxygens (including phenoxy) is 2. The van der Waals surface area contributed by atoms with E-state index in [1.807, 2.05) is 72.6 Å². The van der Waals surface area contributed by atoms with Gasteiger partial charge in [-0.1, -0.05) is 36.4 Å². The molecule has 3 aromatic carbocycles. The molecule has 0 radical (unpaired) electrons. The third-order valence-corrected chi connectivity index (χ3v) is 6.27. The van der Waals surface area contributed by atoms with Gasteiger partial charge in [-0.05, 0) is 66.6 Å². The first-order valence-electron chi connectivity index (χ1n) is 11.8. The number of fused-ring (bicyclic) bond motifs is 3. The van der Waals surface area contributed by atoms with Crippen molar-refractivity contribution >= 4 is 17.7 Å². The molecule has 0 saturated heterocycles. The Morgan fingerprint density at radius 3 is 2.56 bits per heavy atom. The number of para-hydroxylation sites is 1. The van der Waals surface area contributed by atoms with Crippen molar-refractivity contribution in [3.05, 3.63) is 114 Å². The highest BCUT2D eigenvalue weighted by atomic mass is 16.5. The highest BCUT2D eigenvalue weighted by molar-refractivity contribution is 5.94. The summed E-state index contributed by atoms with van der Waals surface area (Å²) in [6, 6.07) is 26.1. The summed E-state index contributed by atoms with van der Waals surface area (Å²) < 4.78 is 12.6. The van der Waals surface area contributed by atoms with E-state index >= 15 is 0 Å². The fraction of sp³-hybridized carbons (Fsp3) is 0.172. The lowest BCUT2D eigenvalue weighted by atomic mass is 10.0. The zero-order valence-electron chi connectivity index (χ0n) is 20.2. The molecule has 36 heavy (non-hydrogen) atoms. The molecule has 0 aliphatic carbocycles. The summed E-state index contributed by atoms with van der Waals surface area (Å²) in [4.78, 5) is 27.6. The molecule has 1 aliphatic heterocycles. The van der Waals surface area contributed by atoms with E-state index < -0.39 is 5.97 Å². The lowest BCUT2D eigenvalue weighted by Gasteiger charge is -2.31. The van der Waals surface area contributed by atoms with Crippen molar-refractivity contribution in [3.63, 3.8) is 0 Å². The van der Waals surface area contributed by atoms with Crippen molar-refractivity contribution in [3.8, 4) is 11.4 Å². The van der Waals surface area contributed by atoms with E-state index in [-0.39, 0.29) is 12.1 Å². The number of methoxy groups -OCH3 is 1. The maximum atomic E-state index is 13.8. The molecule has 1 atom stereocenters. The molecule has 182 valence electrons. The van der Waals surface area contributed by atoms with Crippen LogP contribution in [0.4, 0.5) is 10.5 Å². The number of hydrogen-bond donors (Lipinski definition) is 1. The van der Waals surface area contributed by atoms with Crippen LogP contribution in [0.5, 0.6) is 5.75 Å². The molecule has 1 aromatic heterocycles. The number of carbonyl (C=O) groups is 2. The summed E-state index contributed by atoms with van der Waals surface area (Å²) in [5, 5.41) is 2.99. The van der Waals surface area contributed by atoms with Crippen LogP contribution in [0, 0.1) is 0 Å². The molecule has 4 aromatic rings. The Morgan fingerprint density at radius 2 is 1.78 bits per heavy atom.